The van der Waals surface area contributed by atoms with Crippen LogP contribution in [0.4, 0.5) is 0 Å². The van der Waals surface area contributed by atoms with E-state index in [-0.39, 0.29) is 0 Å². The molecule has 0 atom stereocenters. The van der Waals surface area contributed by atoms with Crippen LogP contribution in [0, 0.1) is 5.92 Å². The molecule has 2 nitrogen and oxygen atoms in total. The molecular weight excluding hydrogens is 196 g/mol. The predicted octanol–water partition coefficient (Wildman–Crippen LogP) is 3.38. The number of allylic oxidation sites excluding steroid dienone is 1. The van der Waals surface area contributed by atoms with Gasteiger partial charge in [0.25, 0.3) is 0 Å². The standard InChI is InChI=1S/C14H28N2/c1-8-14(11(2)3)10-16(7)9-13(6)15-12(4)5/h10-12,15H,6,8-9H2,1-5,7H3/b14-10+. The van der Waals surface area contributed by atoms with Crippen LogP contribution in [0.1, 0.15) is 41.0 Å². The Labute approximate surface area is 101 Å². The number of nitrogens with zero attached hydrogens (tertiary/aromatic N) is 1. The van der Waals surface area contributed by atoms with Crippen molar-refractivity contribution in [2.24, 2.45) is 5.92 Å². The summed E-state index contributed by atoms with van der Waals surface area (Å²) in [5.41, 5.74) is 2.56. The summed E-state index contributed by atoms with van der Waals surface area (Å²) in [5.74, 6) is 0.624. The molecule has 0 radical (unpaired) electrons. The first-order valence-electron chi connectivity index (χ1n) is 6.21. The Morgan fingerprint density at radius 3 is 2.25 bits per heavy atom. The van der Waals surface area contributed by atoms with Gasteiger partial charge in [0.1, 0.15) is 0 Å². The van der Waals surface area contributed by atoms with Crippen molar-refractivity contribution in [1.82, 2.24) is 10.2 Å². The van der Waals surface area contributed by atoms with Crippen LogP contribution < -0.4 is 5.32 Å². The Bertz CT molecular complexity index is 239. The van der Waals surface area contributed by atoms with Crippen molar-refractivity contribution >= 4 is 0 Å². The van der Waals surface area contributed by atoms with Gasteiger partial charge in [-0.05, 0) is 32.4 Å². The number of hydrogen-bond donors (Lipinski definition) is 1. The topological polar surface area (TPSA) is 15.3 Å². The second kappa shape index (κ2) is 7.37. The molecule has 0 aliphatic heterocycles. The Morgan fingerprint density at radius 2 is 1.88 bits per heavy atom. The minimum absolute atomic E-state index is 0.459. The van der Waals surface area contributed by atoms with Gasteiger partial charge in [0.05, 0.1) is 6.54 Å². The lowest BCUT2D eigenvalue weighted by molar-refractivity contribution is 0.460. The predicted molar refractivity (Wildman–Crippen MR) is 73.3 cm³/mol. The Morgan fingerprint density at radius 1 is 1.31 bits per heavy atom. The van der Waals surface area contributed by atoms with Crippen molar-refractivity contribution in [3.05, 3.63) is 24.0 Å². The van der Waals surface area contributed by atoms with Gasteiger partial charge in [-0.3, -0.25) is 0 Å². The number of nitrogens with one attached hydrogen (secondary N) is 1. The molecule has 0 saturated carbocycles. The maximum Gasteiger partial charge on any atom is 0.0561 e. The first-order chi connectivity index (χ1) is 7.36. The first-order valence-corrected chi connectivity index (χ1v) is 6.21. The van der Waals surface area contributed by atoms with Crippen molar-refractivity contribution < 1.29 is 0 Å². The van der Waals surface area contributed by atoms with Crippen LogP contribution >= 0.6 is 0 Å². The van der Waals surface area contributed by atoms with E-state index >= 15 is 0 Å². The largest absolute Gasteiger partial charge is 0.385 e. The molecule has 0 saturated heterocycles. The number of rotatable bonds is 7. The van der Waals surface area contributed by atoms with Gasteiger partial charge >= 0.3 is 0 Å². The van der Waals surface area contributed by atoms with E-state index in [1.54, 1.807) is 0 Å². The minimum Gasteiger partial charge on any atom is -0.385 e. The quantitative estimate of drug-likeness (QED) is 0.713. The van der Waals surface area contributed by atoms with Gasteiger partial charge in [0.15, 0.2) is 0 Å². The highest BCUT2D eigenvalue weighted by molar-refractivity contribution is 5.05. The van der Waals surface area contributed by atoms with Gasteiger partial charge in [-0.15, -0.1) is 0 Å². The zero-order valence-corrected chi connectivity index (χ0v) is 11.8. The molecule has 1 N–H and O–H groups in total. The van der Waals surface area contributed by atoms with E-state index in [1.807, 2.05) is 0 Å². The highest BCUT2D eigenvalue weighted by Gasteiger charge is 2.03. The fourth-order valence-corrected chi connectivity index (χ4v) is 1.73. The summed E-state index contributed by atoms with van der Waals surface area (Å²) >= 11 is 0. The van der Waals surface area contributed by atoms with E-state index in [2.05, 4.69) is 64.7 Å². The summed E-state index contributed by atoms with van der Waals surface area (Å²) in [6, 6.07) is 0.459. The zero-order chi connectivity index (χ0) is 12.7. The smallest absolute Gasteiger partial charge is 0.0561 e. The molecule has 0 aromatic carbocycles. The maximum absolute atomic E-state index is 4.03. The van der Waals surface area contributed by atoms with Crippen LogP contribution in [-0.2, 0) is 0 Å². The lowest BCUT2D eigenvalue weighted by atomic mass is 10.0. The van der Waals surface area contributed by atoms with E-state index in [1.165, 1.54) is 5.57 Å². The molecule has 0 aromatic rings. The molecule has 2 heteroatoms. The third-order valence-corrected chi connectivity index (χ3v) is 2.47. The molecule has 0 aromatic heterocycles. The third-order valence-electron chi connectivity index (χ3n) is 2.47. The van der Waals surface area contributed by atoms with Gasteiger partial charge in [-0.2, -0.15) is 0 Å². The normalized spacial score (nSPS) is 12.1. The molecular formula is C14H28N2. The van der Waals surface area contributed by atoms with Crippen LogP contribution in [-0.4, -0.2) is 24.5 Å². The van der Waals surface area contributed by atoms with E-state index < -0.39 is 0 Å². The van der Waals surface area contributed by atoms with Gasteiger partial charge in [0, 0.05) is 18.8 Å². The van der Waals surface area contributed by atoms with Crippen molar-refractivity contribution in [1.29, 1.82) is 0 Å². The van der Waals surface area contributed by atoms with Gasteiger partial charge in [-0.1, -0.05) is 32.9 Å². The Hall–Kier alpha value is -0.920. The van der Waals surface area contributed by atoms with E-state index in [0.717, 1.165) is 18.7 Å². The van der Waals surface area contributed by atoms with Crippen molar-refractivity contribution in [3.63, 3.8) is 0 Å². The summed E-state index contributed by atoms with van der Waals surface area (Å²) in [6.45, 7) is 15.9. The third kappa shape index (κ3) is 6.54. The summed E-state index contributed by atoms with van der Waals surface area (Å²) in [7, 11) is 2.10. The first kappa shape index (κ1) is 15.1. The van der Waals surface area contributed by atoms with E-state index in [0.29, 0.717) is 12.0 Å². The molecule has 0 unspecified atom stereocenters. The second-order valence-electron chi connectivity index (χ2n) is 5.03. The summed E-state index contributed by atoms with van der Waals surface area (Å²) in [6.07, 6.45) is 3.37. The fourth-order valence-electron chi connectivity index (χ4n) is 1.73. The summed E-state index contributed by atoms with van der Waals surface area (Å²) < 4.78 is 0. The SMILES string of the molecule is C=C(CN(C)/C=C(\CC)C(C)C)NC(C)C. The zero-order valence-electron chi connectivity index (χ0n) is 11.8. The summed E-state index contributed by atoms with van der Waals surface area (Å²) in [5, 5.41) is 3.33. The van der Waals surface area contributed by atoms with Crippen molar-refractivity contribution in [3.8, 4) is 0 Å². The Balaban J connectivity index is 4.25. The minimum atomic E-state index is 0.459. The second-order valence-corrected chi connectivity index (χ2v) is 5.03. The molecule has 0 aliphatic rings. The molecule has 94 valence electrons. The molecule has 16 heavy (non-hydrogen) atoms. The highest BCUT2D eigenvalue weighted by Crippen LogP contribution is 2.13. The van der Waals surface area contributed by atoms with E-state index in [9.17, 15) is 0 Å². The highest BCUT2D eigenvalue weighted by atomic mass is 15.1. The summed E-state index contributed by atoms with van der Waals surface area (Å²) in [4.78, 5) is 2.20. The van der Waals surface area contributed by atoms with E-state index in [4.69, 9.17) is 0 Å². The Kier molecular flexibility index (Phi) is 6.95. The lowest BCUT2D eigenvalue weighted by Crippen LogP contribution is -2.28. The molecule has 0 aliphatic carbocycles. The average Bonchev–Trinajstić information content (AvgIpc) is 2.11. The maximum atomic E-state index is 4.03. The monoisotopic (exact) mass is 224 g/mol. The molecule has 0 bridgehead atoms. The van der Waals surface area contributed by atoms with Crippen LogP contribution in [0.5, 0.6) is 0 Å². The molecule has 0 spiro atoms. The number of hydrogen-bond acceptors (Lipinski definition) is 2. The molecule has 0 heterocycles. The van der Waals surface area contributed by atoms with Crippen LogP contribution in [0.25, 0.3) is 0 Å². The van der Waals surface area contributed by atoms with Crippen molar-refractivity contribution in [2.45, 2.75) is 47.1 Å². The van der Waals surface area contributed by atoms with Crippen LogP contribution in [0.2, 0.25) is 0 Å². The van der Waals surface area contributed by atoms with Crippen LogP contribution in [0.15, 0.2) is 24.0 Å². The van der Waals surface area contributed by atoms with Crippen molar-refractivity contribution in [2.75, 3.05) is 13.6 Å². The molecule has 0 rings (SSSR count). The van der Waals surface area contributed by atoms with Gasteiger partial charge < -0.3 is 10.2 Å². The number of likely N-dealkylation sites (N-methyl/N-ethyl adjacent to an activating group) is 1. The van der Waals surface area contributed by atoms with Gasteiger partial charge in [-0.25, -0.2) is 0 Å². The lowest BCUT2D eigenvalue weighted by Gasteiger charge is -2.21. The van der Waals surface area contributed by atoms with Gasteiger partial charge in [0.2, 0.25) is 0 Å². The molecule has 0 fully saturated rings. The molecule has 0 amide bonds. The average molecular weight is 224 g/mol. The van der Waals surface area contributed by atoms with Crippen LogP contribution in [0.3, 0.4) is 0 Å². The fraction of sp³-hybridized carbons (Fsp3) is 0.714.